The largest absolute Gasteiger partial charge is 0.371 e. The van der Waals surface area contributed by atoms with Crippen molar-refractivity contribution in [2.75, 3.05) is 30.3 Å². The number of piperidine rings is 1. The van der Waals surface area contributed by atoms with Gasteiger partial charge in [-0.2, -0.15) is 5.26 Å². The van der Waals surface area contributed by atoms with E-state index in [0.717, 1.165) is 60.8 Å². The van der Waals surface area contributed by atoms with Crippen LogP contribution in [0.2, 0.25) is 10.0 Å². The van der Waals surface area contributed by atoms with Crippen molar-refractivity contribution in [2.24, 2.45) is 0 Å². The molecule has 0 radical (unpaired) electrons. The summed E-state index contributed by atoms with van der Waals surface area (Å²) < 4.78 is 0. The number of hydrogen-bond donors (Lipinski definition) is 4. The quantitative estimate of drug-likeness (QED) is 0.171. The molecule has 0 spiro atoms. The monoisotopic (exact) mass is 619 g/mol. The fourth-order valence-electron chi connectivity index (χ4n) is 5.42. The van der Waals surface area contributed by atoms with E-state index in [1.54, 1.807) is 11.3 Å². The number of nitrogens with one attached hydrogen (secondary N) is 4. The molecule has 1 saturated heterocycles. The van der Waals surface area contributed by atoms with Crippen LogP contribution in [0, 0.1) is 18.3 Å². The molecule has 2 aliphatic heterocycles. The van der Waals surface area contributed by atoms with Crippen LogP contribution in [0.25, 0.3) is 10.9 Å². The Morgan fingerprint density at radius 1 is 1.14 bits per heavy atom. The highest BCUT2D eigenvalue weighted by Crippen LogP contribution is 2.37. The summed E-state index contributed by atoms with van der Waals surface area (Å²) >= 11 is 14.7. The summed E-state index contributed by atoms with van der Waals surface area (Å²) in [5.74, 6) is 0. The third-order valence-electron chi connectivity index (χ3n) is 7.86. The number of nitriles is 1. The van der Waals surface area contributed by atoms with Gasteiger partial charge < -0.3 is 21.0 Å². The second kappa shape index (κ2) is 12.3. The van der Waals surface area contributed by atoms with E-state index in [-0.39, 0.29) is 6.04 Å². The highest BCUT2D eigenvalue weighted by molar-refractivity contribution is 7.07. The van der Waals surface area contributed by atoms with E-state index in [9.17, 15) is 5.26 Å². The number of anilines is 3. The van der Waals surface area contributed by atoms with Gasteiger partial charge in [0.25, 0.3) is 0 Å². The van der Waals surface area contributed by atoms with Gasteiger partial charge in [-0.1, -0.05) is 36.2 Å². The Labute approximate surface area is 259 Å². The van der Waals surface area contributed by atoms with Gasteiger partial charge in [-0.3, -0.25) is 9.99 Å². The maximum atomic E-state index is 9.93. The Hall–Kier alpha value is -3.59. The first-order chi connectivity index (χ1) is 20.4. The second-order valence-electron chi connectivity index (χ2n) is 10.5. The van der Waals surface area contributed by atoms with Crippen LogP contribution >= 0.6 is 34.5 Å². The molecule has 9 nitrogen and oxygen atoms in total. The van der Waals surface area contributed by atoms with E-state index in [4.69, 9.17) is 23.2 Å². The zero-order valence-electron chi connectivity index (χ0n) is 23.3. The molecule has 4 heterocycles. The minimum atomic E-state index is -0.266. The van der Waals surface area contributed by atoms with Gasteiger partial charge in [0.2, 0.25) is 0 Å². The second-order valence-corrected chi connectivity index (χ2v) is 12.0. The van der Waals surface area contributed by atoms with E-state index >= 15 is 0 Å². The highest BCUT2D eigenvalue weighted by Gasteiger charge is 2.29. The molecule has 4 aromatic rings. The number of nitrogens with zero attached hydrogens (tertiary/aromatic N) is 5. The number of fused-ring (bicyclic) bond motifs is 1. The maximum absolute atomic E-state index is 9.93. The van der Waals surface area contributed by atoms with Crippen LogP contribution in [0.5, 0.6) is 0 Å². The van der Waals surface area contributed by atoms with Gasteiger partial charge in [0.1, 0.15) is 12.1 Å². The van der Waals surface area contributed by atoms with Gasteiger partial charge in [0.15, 0.2) is 0 Å². The normalized spacial score (nSPS) is 16.6. The van der Waals surface area contributed by atoms with Crippen molar-refractivity contribution in [2.45, 2.75) is 38.8 Å². The lowest BCUT2D eigenvalue weighted by atomic mass is 10.0. The van der Waals surface area contributed by atoms with E-state index < -0.39 is 0 Å². The molecule has 2 aliphatic rings. The average Bonchev–Trinajstić information content (AvgIpc) is 3.72. The number of hydrogen-bond acceptors (Lipinski definition) is 10. The van der Waals surface area contributed by atoms with Crippen molar-refractivity contribution in [1.82, 2.24) is 30.8 Å². The van der Waals surface area contributed by atoms with Gasteiger partial charge in [0.05, 0.1) is 38.7 Å². The molecular weight excluding hydrogens is 589 g/mol. The van der Waals surface area contributed by atoms with Crippen LogP contribution in [0.3, 0.4) is 0 Å². The van der Waals surface area contributed by atoms with Crippen molar-refractivity contribution in [1.29, 1.82) is 5.26 Å². The predicted molar refractivity (Wildman–Crippen MR) is 171 cm³/mol. The first-order valence-electron chi connectivity index (χ1n) is 13.9. The molecule has 0 unspecified atom stereocenters. The Balaban J connectivity index is 1.34. The van der Waals surface area contributed by atoms with Crippen LogP contribution in [-0.4, -0.2) is 45.6 Å². The van der Waals surface area contributed by atoms with Gasteiger partial charge in [-0.25, -0.2) is 4.98 Å². The summed E-state index contributed by atoms with van der Waals surface area (Å²) in [6.07, 6.45) is 5.86. The van der Waals surface area contributed by atoms with Gasteiger partial charge in [0, 0.05) is 58.7 Å². The molecule has 12 heteroatoms. The first kappa shape index (κ1) is 28.5. The van der Waals surface area contributed by atoms with E-state index in [1.165, 1.54) is 6.20 Å². The van der Waals surface area contributed by atoms with E-state index in [2.05, 4.69) is 60.7 Å². The molecule has 216 valence electrons. The van der Waals surface area contributed by atoms with Crippen LogP contribution in [0.1, 0.15) is 42.6 Å². The molecule has 1 atom stereocenters. The number of thiazole rings is 1. The van der Waals surface area contributed by atoms with Crippen molar-refractivity contribution in [3.63, 3.8) is 0 Å². The molecule has 1 fully saturated rings. The number of aryl methyl sites for hydroxylation is 1. The summed E-state index contributed by atoms with van der Waals surface area (Å²) in [5.41, 5.74) is 14.5. The number of benzene rings is 2. The lowest BCUT2D eigenvalue weighted by Crippen LogP contribution is -2.48. The molecule has 0 bridgehead atoms. The number of hydrazine groups is 2. The number of halogens is 2. The minimum Gasteiger partial charge on any atom is -0.371 e. The standard InChI is InChI=1S/C30H31Cl2N9S/c1-3-40-8-6-22(7-9-40)41-15-26(38-39-41)30(27-16-42-17-35-27)37-21-10-23-28(36-20-5-4-18(2)24(31)11-20)19(13-33)14-34-29(23)25(32)12-21/h4-5,10-12,14-17,22,30,37-39H,3,6-9H2,1-2H3,(H,34,36)/t30-/m1/s1. The lowest BCUT2D eigenvalue weighted by molar-refractivity contribution is 0.112. The Bertz CT molecular complexity index is 1660. The third kappa shape index (κ3) is 5.84. The zero-order valence-corrected chi connectivity index (χ0v) is 25.6. The average molecular weight is 621 g/mol. The van der Waals surface area contributed by atoms with E-state index in [0.29, 0.717) is 38.2 Å². The molecular formula is C30H31Cl2N9S. The Morgan fingerprint density at radius 2 is 1.95 bits per heavy atom. The number of pyridine rings is 1. The molecule has 2 aromatic carbocycles. The fourth-order valence-corrected chi connectivity index (χ4v) is 6.45. The minimum absolute atomic E-state index is 0.266. The van der Waals surface area contributed by atoms with Gasteiger partial charge >= 0.3 is 0 Å². The number of aromatic nitrogens is 2. The molecule has 4 N–H and O–H groups in total. The smallest absolute Gasteiger partial charge is 0.113 e. The number of likely N-dealkylation sites (tertiary alicyclic amines) is 1. The summed E-state index contributed by atoms with van der Waals surface area (Å²) in [5, 5.41) is 23.0. The summed E-state index contributed by atoms with van der Waals surface area (Å²) in [7, 11) is 0. The van der Waals surface area contributed by atoms with Crippen molar-refractivity contribution >= 4 is 62.5 Å². The first-order valence-corrected chi connectivity index (χ1v) is 15.6. The van der Waals surface area contributed by atoms with Crippen molar-refractivity contribution in [3.05, 3.63) is 86.2 Å². The summed E-state index contributed by atoms with van der Waals surface area (Å²) in [6, 6.07) is 11.9. The Kier molecular flexibility index (Phi) is 8.38. The highest BCUT2D eigenvalue weighted by atomic mass is 35.5. The fraction of sp³-hybridized carbons (Fsp3) is 0.300. The molecule has 2 aromatic heterocycles. The SMILES string of the molecule is CCN1CCC(N2C=C([C@@H](Nc3cc(Cl)c4ncc(C#N)c(Nc5ccc(C)c(Cl)c5)c4c3)c3cscn3)NN2)CC1. The zero-order chi connectivity index (χ0) is 29.2. The van der Waals surface area contributed by atoms with Gasteiger partial charge in [-0.05, 0) is 56.1 Å². The lowest BCUT2D eigenvalue weighted by Gasteiger charge is -2.35. The van der Waals surface area contributed by atoms with Crippen LogP contribution in [-0.2, 0) is 0 Å². The third-order valence-corrected chi connectivity index (χ3v) is 9.16. The molecule has 0 aliphatic carbocycles. The van der Waals surface area contributed by atoms with Crippen LogP contribution in [0.15, 0.2) is 59.3 Å². The van der Waals surface area contributed by atoms with Crippen molar-refractivity contribution in [3.8, 4) is 6.07 Å². The number of rotatable bonds is 8. The van der Waals surface area contributed by atoms with E-state index in [1.807, 2.05) is 48.1 Å². The van der Waals surface area contributed by atoms with Crippen LogP contribution in [0.4, 0.5) is 17.1 Å². The summed E-state index contributed by atoms with van der Waals surface area (Å²) in [6.45, 7) is 7.44. The molecule has 6 rings (SSSR count). The molecule has 42 heavy (non-hydrogen) atoms. The van der Waals surface area contributed by atoms with Gasteiger partial charge in [-0.15, -0.1) is 16.9 Å². The Morgan fingerprint density at radius 3 is 2.67 bits per heavy atom. The maximum Gasteiger partial charge on any atom is 0.113 e. The molecule has 0 saturated carbocycles. The molecule has 0 amide bonds. The van der Waals surface area contributed by atoms with Crippen LogP contribution < -0.4 is 21.6 Å². The van der Waals surface area contributed by atoms with Crippen molar-refractivity contribution < 1.29 is 0 Å². The topological polar surface area (TPSA) is 104 Å². The predicted octanol–water partition coefficient (Wildman–Crippen LogP) is 6.73. The summed E-state index contributed by atoms with van der Waals surface area (Å²) in [4.78, 5) is 11.6.